The van der Waals surface area contributed by atoms with Crippen LogP contribution in [0.1, 0.15) is 30.1 Å². The fourth-order valence-corrected chi connectivity index (χ4v) is 3.20. The average molecular weight is 355 g/mol. The summed E-state index contributed by atoms with van der Waals surface area (Å²) in [5, 5.41) is 8.75. The van der Waals surface area contributed by atoms with Gasteiger partial charge in [-0.05, 0) is 29.9 Å². The molecule has 128 valence electrons. The van der Waals surface area contributed by atoms with Gasteiger partial charge in [0.1, 0.15) is 11.5 Å². The van der Waals surface area contributed by atoms with Crippen LogP contribution in [-0.4, -0.2) is 22.7 Å². The van der Waals surface area contributed by atoms with Gasteiger partial charge in [-0.1, -0.05) is 35.5 Å². The lowest BCUT2D eigenvalue weighted by molar-refractivity contribution is -0.121. The molecule has 7 heteroatoms. The monoisotopic (exact) mass is 355 g/mol. The lowest BCUT2D eigenvalue weighted by Crippen LogP contribution is -2.18. The van der Waals surface area contributed by atoms with E-state index in [1.165, 1.54) is 11.3 Å². The maximum atomic E-state index is 12.1. The molecule has 0 bridgehead atoms. The molecule has 0 radical (unpaired) electrons. The Kier molecular flexibility index (Phi) is 4.58. The van der Waals surface area contributed by atoms with Gasteiger partial charge in [-0.15, -0.1) is 11.3 Å². The number of nitrogens with one attached hydrogen (secondary N) is 1. The van der Waals surface area contributed by atoms with Crippen molar-refractivity contribution >= 4 is 22.9 Å². The number of nitrogens with zero attached hydrogens (tertiary/aromatic N) is 2. The van der Waals surface area contributed by atoms with Gasteiger partial charge in [0.2, 0.25) is 5.91 Å². The Balaban J connectivity index is 1.34. The number of amides is 1. The topological polar surface area (TPSA) is 77.2 Å². The molecule has 0 spiro atoms. The van der Waals surface area contributed by atoms with Gasteiger partial charge in [0.15, 0.2) is 5.82 Å². The van der Waals surface area contributed by atoms with E-state index in [9.17, 15) is 4.79 Å². The first-order valence-corrected chi connectivity index (χ1v) is 9.00. The van der Waals surface area contributed by atoms with Gasteiger partial charge in [-0.2, -0.15) is 4.98 Å². The second-order valence-electron chi connectivity index (χ2n) is 5.92. The normalized spacial score (nSPS) is 13.8. The molecule has 1 N–H and O–H groups in total. The first kappa shape index (κ1) is 16.0. The van der Waals surface area contributed by atoms with Crippen molar-refractivity contribution in [1.29, 1.82) is 0 Å². The van der Waals surface area contributed by atoms with Crippen molar-refractivity contribution in [2.45, 2.75) is 25.4 Å². The molecule has 0 saturated heterocycles. The summed E-state index contributed by atoms with van der Waals surface area (Å²) < 4.78 is 10.8. The van der Waals surface area contributed by atoms with Crippen LogP contribution in [0.4, 0.5) is 5.69 Å². The second kappa shape index (κ2) is 7.16. The lowest BCUT2D eigenvalue weighted by Gasteiger charge is -2.06. The first-order chi connectivity index (χ1) is 12.3. The van der Waals surface area contributed by atoms with E-state index in [-0.39, 0.29) is 12.5 Å². The van der Waals surface area contributed by atoms with Crippen LogP contribution < -0.4 is 5.32 Å². The molecule has 1 fully saturated rings. The lowest BCUT2D eigenvalue weighted by atomic mass is 10.2. The third-order valence-electron chi connectivity index (χ3n) is 3.86. The van der Waals surface area contributed by atoms with Crippen molar-refractivity contribution in [2.75, 3.05) is 11.9 Å². The second-order valence-corrected chi connectivity index (χ2v) is 6.84. The van der Waals surface area contributed by atoms with Crippen molar-refractivity contribution < 1.29 is 14.1 Å². The van der Waals surface area contributed by atoms with E-state index in [1.54, 1.807) is 0 Å². The zero-order chi connectivity index (χ0) is 17.1. The van der Waals surface area contributed by atoms with E-state index in [0.717, 1.165) is 29.1 Å². The Morgan fingerprint density at radius 2 is 2.12 bits per heavy atom. The van der Waals surface area contributed by atoms with Crippen LogP contribution in [0.2, 0.25) is 0 Å². The number of rotatable bonds is 7. The minimum Gasteiger partial charge on any atom is -0.367 e. The number of hydrogen-bond donors (Lipinski definition) is 1. The summed E-state index contributed by atoms with van der Waals surface area (Å²) in [7, 11) is 0. The van der Waals surface area contributed by atoms with E-state index < -0.39 is 0 Å². The summed E-state index contributed by atoms with van der Waals surface area (Å²) in [6.45, 7) is 0.389. The minimum atomic E-state index is -0.211. The molecular formula is C18H17N3O3S. The highest BCUT2D eigenvalue weighted by atomic mass is 32.1. The summed E-state index contributed by atoms with van der Waals surface area (Å²) in [5.74, 6) is 1.43. The predicted molar refractivity (Wildman–Crippen MR) is 94.3 cm³/mol. The van der Waals surface area contributed by atoms with Gasteiger partial charge in [0.25, 0.3) is 5.89 Å². The maximum absolute atomic E-state index is 12.1. The average Bonchev–Trinajstić information content (AvgIpc) is 3.18. The molecule has 1 aliphatic rings. The van der Waals surface area contributed by atoms with Crippen LogP contribution in [-0.2, 0) is 16.1 Å². The maximum Gasteiger partial charge on any atom is 0.270 e. The van der Waals surface area contributed by atoms with Crippen LogP contribution in [0.25, 0.3) is 10.8 Å². The van der Waals surface area contributed by atoms with Crippen molar-refractivity contribution in [3.8, 4) is 10.8 Å². The zero-order valence-electron chi connectivity index (χ0n) is 13.5. The molecule has 0 atom stereocenters. The molecular weight excluding hydrogens is 338 g/mol. The number of ether oxygens (including phenoxy) is 1. The number of thiophene rings is 1. The summed E-state index contributed by atoms with van der Waals surface area (Å²) in [6, 6.07) is 11.6. The van der Waals surface area contributed by atoms with Gasteiger partial charge >= 0.3 is 0 Å². The van der Waals surface area contributed by atoms with E-state index in [2.05, 4.69) is 15.5 Å². The number of benzene rings is 1. The predicted octanol–water partition coefficient (Wildman–Crippen LogP) is 3.83. The quantitative estimate of drug-likeness (QED) is 0.697. The number of carbonyl (C=O) groups is 1. The Bertz CT molecular complexity index is 855. The third-order valence-corrected chi connectivity index (χ3v) is 4.76. The highest BCUT2D eigenvalue weighted by Crippen LogP contribution is 2.40. The molecule has 1 aliphatic carbocycles. The fraction of sp³-hybridized carbons (Fsp3) is 0.278. The number of hydrogen-bond acceptors (Lipinski definition) is 6. The highest BCUT2D eigenvalue weighted by Gasteiger charge is 2.29. The Morgan fingerprint density at radius 3 is 2.92 bits per heavy atom. The van der Waals surface area contributed by atoms with Crippen LogP contribution in [0.3, 0.4) is 0 Å². The molecule has 0 aliphatic heterocycles. The molecule has 1 amide bonds. The first-order valence-electron chi connectivity index (χ1n) is 8.12. The molecule has 25 heavy (non-hydrogen) atoms. The van der Waals surface area contributed by atoms with Crippen LogP contribution in [0.5, 0.6) is 0 Å². The Labute approximate surface area is 148 Å². The Morgan fingerprint density at radius 1 is 1.28 bits per heavy atom. The van der Waals surface area contributed by atoms with Crippen LogP contribution in [0.15, 0.2) is 46.3 Å². The molecule has 1 saturated carbocycles. The highest BCUT2D eigenvalue weighted by molar-refractivity contribution is 7.14. The summed E-state index contributed by atoms with van der Waals surface area (Å²) >= 11 is 1.46. The molecule has 4 rings (SSSR count). The summed E-state index contributed by atoms with van der Waals surface area (Å²) in [6.07, 6.45) is 2.23. The summed E-state index contributed by atoms with van der Waals surface area (Å²) in [5.41, 5.74) is 1.70. The third kappa shape index (κ3) is 3.94. The largest absolute Gasteiger partial charge is 0.367 e. The molecule has 0 unspecified atom stereocenters. The van der Waals surface area contributed by atoms with Crippen molar-refractivity contribution in [1.82, 2.24) is 10.1 Å². The number of carbonyl (C=O) groups excluding carboxylic acids is 1. The van der Waals surface area contributed by atoms with Gasteiger partial charge < -0.3 is 14.6 Å². The molecule has 2 heterocycles. The number of anilines is 1. The van der Waals surface area contributed by atoms with Crippen molar-refractivity contribution in [3.05, 3.63) is 53.2 Å². The zero-order valence-corrected chi connectivity index (χ0v) is 14.3. The van der Waals surface area contributed by atoms with Crippen LogP contribution >= 0.6 is 11.3 Å². The van der Waals surface area contributed by atoms with E-state index in [1.807, 2.05) is 41.8 Å². The van der Waals surface area contributed by atoms with Crippen LogP contribution in [0, 0.1) is 0 Å². The smallest absolute Gasteiger partial charge is 0.270 e. The van der Waals surface area contributed by atoms with E-state index >= 15 is 0 Å². The van der Waals surface area contributed by atoms with Crippen molar-refractivity contribution in [2.24, 2.45) is 0 Å². The molecule has 1 aromatic carbocycles. The number of aromatic nitrogens is 2. The molecule has 3 aromatic rings. The van der Waals surface area contributed by atoms with Crippen molar-refractivity contribution in [3.63, 3.8) is 0 Å². The Hall–Kier alpha value is -2.51. The van der Waals surface area contributed by atoms with Gasteiger partial charge in [-0.25, -0.2) is 0 Å². The minimum absolute atomic E-state index is 0.0126. The molecule has 2 aromatic heterocycles. The standard InChI is InChI=1S/C18H17N3O3S/c22-15(11-23-10-12-4-2-1-3-5-12)19-14-8-9-25-16(14)18-20-17(21-24-18)13-6-7-13/h1-5,8-9,13H,6-7,10-11H2,(H,19,22). The van der Waals surface area contributed by atoms with Gasteiger partial charge in [0.05, 0.1) is 12.3 Å². The molecule has 6 nitrogen and oxygen atoms in total. The summed E-state index contributed by atoms with van der Waals surface area (Å²) in [4.78, 5) is 17.3. The SMILES string of the molecule is O=C(COCc1ccccc1)Nc1ccsc1-c1nc(C2CC2)no1. The van der Waals surface area contributed by atoms with Gasteiger partial charge in [-0.3, -0.25) is 4.79 Å². The van der Waals surface area contributed by atoms with E-state index in [0.29, 0.717) is 24.1 Å². The fourth-order valence-electron chi connectivity index (χ4n) is 2.43. The van der Waals surface area contributed by atoms with E-state index in [4.69, 9.17) is 9.26 Å². The van der Waals surface area contributed by atoms with Gasteiger partial charge in [0, 0.05) is 5.92 Å².